The summed E-state index contributed by atoms with van der Waals surface area (Å²) in [4.78, 5) is 0. The smallest absolute Gasteiger partial charge is 0.0323 e. The molecule has 1 nitrogen and oxygen atoms in total. The highest BCUT2D eigenvalue weighted by molar-refractivity contribution is 5.33. The van der Waals surface area contributed by atoms with Crippen molar-refractivity contribution in [1.29, 1.82) is 0 Å². The van der Waals surface area contributed by atoms with Crippen molar-refractivity contribution in [1.82, 2.24) is 5.32 Å². The van der Waals surface area contributed by atoms with Crippen LogP contribution in [-0.4, -0.2) is 6.54 Å². The van der Waals surface area contributed by atoms with E-state index in [0.717, 1.165) is 5.92 Å². The fourth-order valence-corrected chi connectivity index (χ4v) is 3.56. The highest BCUT2D eigenvalue weighted by Gasteiger charge is 2.23. The van der Waals surface area contributed by atoms with E-state index in [2.05, 4.69) is 29.6 Å². The van der Waals surface area contributed by atoms with Crippen molar-refractivity contribution >= 4 is 0 Å². The third-order valence-corrected chi connectivity index (χ3v) is 4.48. The summed E-state index contributed by atoms with van der Waals surface area (Å²) in [7, 11) is 0. The number of benzene rings is 1. The van der Waals surface area contributed by atoms with Gasteiger partial charge in [-0.2, -0.15) is 0 Å². The predicted octanol–water partition coefficient (Wildman–Crippen LogP) is 4.16. The van der Waals surface area contributed by atoms with Gasteiger partial charge in [-0.15, -0.1) is 0 Å². The second-order valence-corrected chi connectivity index (χ2v) is 5.61. The van der Waals surface area contributed by atoms with E-state index < -0.39 is 0 Å². The molecule has 1 atom stereocenters. The predicted molar refractivity (Wildman–Crippen MR) is 72.2 cm³/mol. The minimum absolute atomic E-state index is 0.633. The molecule has 1 aromatic carbocycles. The summed E-state index contributed by atoms with van der Waals surface area (Å²) < 4.78 is 0. The third kappa shape index (κ3) is 2.40. The van der Waals surface area contributed by atoms with Gasteiger partial charge >= 0.3 is 0 Å². The highest BCUT2D eigenvalue weighted by Crippen LogP contribution is 2.37. The molecule has 1 saturated heterocycles. The zero-order valence-electron chi connectivity index (χ0n) is 10.6. The molecule has 1 heteroatoms. The Labute approximate surface area is 105 Å². The molecule has 0 aromatic heterocycles. The van der Waals surface area contributed by atoms with E-state index in [0.29, 0.717) is 6.04 Å². The van der Waals surface area contributed by atoms with Crippen molar-refractivity contribution in [3.8, 4) is 0 Å². The van der Waals surface area contributed by atoms with Crippen molar-refractivity contribution in [3.63, 3.8) is 0 Å². The Morgan fingerprint density at radius 2 is 1.59 bits per heavy atom. The lowest BCUT2D eigenvalue weighted by Crippen LogP contribution is -2.16. The SMILES string of the molecule is c1ccc(C2CCCN2)c(C2CCCCC2)c1. The number of rotatable bonds is 2. The maximum atomic E-state index is 3.65. The fraction of sp³-hybridized carbons (Fsp3) is 0.625. The fourth-order valence-electron chi connectivity index (χ4n) is 3.56. The molecule has 2 fully saturated rings. The van der Waals surface area contributed by atoms with Gasteiger partial charge in [-0.3, -0.25) is 0 Å². The minimum Gasteiger partial charge on any atom is -0.310 e. The normalized spacial score (nSPS) is 26.2. The Kier molecular flexibility index (Phi) is 3.46. The van der Waals surface area contributed by atoms with Gasteiger partial charge < -0.3 is 5.32 Å². The molecule has 17 heavy (non-hydrogen) atoms. The van der Waals surface area contributed by atoms with E-state index in [4.69, 9.17) is 0 Å². The molecule has 0 spiro atoms. The Balaban J connectivity index is 1.86. The first-order valence-corrected chi connectivity index (χ1v) is 7.27. The first-order chi connectivity index (χ1) is 8.45. The molecular formula is C16H23N. The van der Waals surface area contributed by atoms with Crippen LogP contribution in [0.5, 0.6) is 0 Å². The second-order valence-electron chi connectivity index (χ2n) is 5.61. The summed E-state index contributed by atoms with van der Waals surface area (Å²) in [5.74, 6) is 0.836. The van der Waals surface area contributed by atoms with Crippen molar-refractivity contribution in [2.24, 2.45) is 0 Å². The van der Waals surface area contributed by atoms with Gasteiger partial charge in [0, 0.05) is 6.04 Å². The standard InChI is InChI=1S/C16H23N/c1-2-7-13(8-3-1)14-9-4-5-10-15(14)16-11-6-12-17-16/h4-5,9-10,13,16-17H,1-3,6-8,11-12H2. The van der Waals surface area contributed by atoms with Crippen LogP contribution in [0.4, 0.5) is 0 Å². The molecule has 1 heterocycles. The molecule has 0 amide bonds. The average molecular weight is 229 g/mol. The summed E-state index contributed by atoms with van der Waals surface area (Å²) in [5, 5.41) is 3.65. The average Bonchev–Trinajstić information content (AvgIpc) is 2.94. The summed E-state index contributed by atoms with van der Waals surface area (Å²) >= 11 is 0. The molecule has 1 unspecified atom stereocenters. The maximum absolute atomic E-state index is 3.65. The van der Waals surface area contributed by atoms with E-state index in [1.165, 1.54) is 51.5 Å². The zero-order chi connectivity index (χ0) is 11.5. The zero-order valence-corrected chi connectivity index (χ0v) is 10.6. The first-order valence-electron chi connectivity index (χ1n) is 7.27. The molecule has 2 aliphatic rings. The Hall–Kier alpha value is -0.820. The topological polar surface area (TPSA) is 12.0 Å². The van der Waals surface area contributed by atoms with Crippen LogP contribution in [0.1, 0.15) is 68.0 Å². The van der Waals surface area contributed by atoms with Crippen LogP contribution in [-0.2, 0) is 0 Å². The van der Waals surface area contributed by atoms with Gasteiger partial charge in [0.05, 0.1) is 0 Å². The monoisotopic (exact) mass is 229 g/mol. The van der Waals surface area contributed by atoms with Crippen LogP contribution in [0.25, 0.3) is 0 Å². The Bertz CT molecular complexity index is 360. The molecule has 0 radical (unpaired) electrons. The largest absolute Gasteiger partial charge is 0.310 e. The molecule has 1 aliphatic heterocycles. The van der Waals surface area contributed by atoms with Crippen LogP contribution in [0.2, 0.25) is 0 Å². The van der Waals surface area contributed by atoms with E-state index in [9.17, 15) is 0 Å². The van der Waals surface area contributed by atoms with E-state index in [1.807, 2.05) is 0 Å². The Morgan fingerprint density at radius 3 is 2.29 bits per heavy atom. The first kappa shape index (κ1) is 11.3. The van der Waals surface area contributed by atoms with Crippen molar-refractivity contribution in [3.05, 3.63) is 35.4 Å². The highest BCUT2D eigenvalue weighted by atomic mass is 14.9. The molecule has 3 rings (SSSR count). The van der Waals surface area contributed by atoms with Crippen LogP contribution in [0, 0.1) is 0 Å². The van der Waals surface area contributed by atoms with Crippen LogP contribution in [0.3, 0.4) is 0 Å². The molecule has 92 valence electrons. The van der Waals surface area contributed by atoms with Gasteiger partial charge in [0.15, 0.2) is 0 Å². The van der Waals surface area contributed by atoms with Crippen molar-refractivity contribution in [2.75, 3.05) is 6.54 Å². The summed E-state index contributed by atoms with van der Waals surface area (Å²) in [6.45, 7) is 1.20. The van der Waals surface area contributed by atoms with Crippen LogP contribution in [0.15, 0.2) is 24.3 Å². The quantitative estimate of drug-likeness (QED) is 0.803. The molecule has 1 N–H and O–H groups in total. The van der Waals surface area contributed by atoms with Gasteiger partial charge in [-0.05, 0) is 49.3 Å². The summed E-state index contributed by atoms with van der Waals surface area (Å²) in [6.07, 6.45) is 9.77. The van der Waals surface area contributed by atoms with Gasteiger partial charge in [0.2, 0.25) is 0 Å². The number of hydrogen-bond acceptors (Lipinski definition) is 1. The maximum Gasteiger partial charge on any atom is 0.0323 e. The van der Waals surface area contributed by atoms with E-state index in [-0.39, 0.29) is 0 Å². The minimum atomic E-state index is 0.633. The van der Waals surface area contributed by atoms with Crippen LogP contribution >= 0.6 is 0 Å². The van der Waals surface area contributed by atoms with E-state index >= 15 is 0 Å². The third-order valence-electron chi connectivity index (χ3n) is 4.48. The molecule has 1 aliphatic carbocycles. The lowest BCUT2D eigenvalue weighted by molar-refractivity contribution is 0.438. The summed E-state index contributed by atoms with van der Waals surface area (Å²) in [6, 6.07) is 9.80. The molecule has 1 saturated carbocycles. The second kappa shape index (κ2) is 5.22. The van der Waals surface area contributed by atoms with E-state index in [1.54, 1.807) is 11.1 Å². The number of hydrogen-bond donors (Lipinski definition) is 1. The van der Waals surface area contributed by atoms with Gasteiger partial charge in [-0.25, -0.2) is 0 Å². The van der Waals surface area contributed by atoms with Gasteiger partial charge in [0.25, 0.3) is 0 Å². The number of nitrogens with one attached hydrogen (secondary N) is 1. The molecule has 0 bridgehead atoms. The van der Waals surface area contributed by atoms with Gasteiger partial charge in [0.1, 0.15) is 0 Å². The lowest BCUT2D eigenvalue weighted by atomic mass is 9.80. The summed E-state index contributed by atoms with van der Waals surface area (Å²) in [5.41, 5.74) is 3.24. The van der Waals surface area contributed by atoms with Crippen molar-refractivity contribution in [2.45, 2.75) is 56.9 Å². The van der Waals surface area contributed by atoms with Crippen molar-refractivity contribution < 1.29 is 0 Å². The molecule has 1 aromatic rings. The van der Waals surface area contributed by atoms with Gasteiger partial charge in [-0.1, -0.05) is 43.5 Å². The van der Waals surface area contributed by atoms with Crippen LogP contribution < -0.4 is 5.32 Å². The Morgan fingerprint density at radius 1 is 0.824 bits per heavy atom. The molecular weight excluding hydrogens is 206 g/mol. The lowest BCUT2D eigenvalue weighted by Gasteiger charge is -2.26.